The molecule has 3 aromatic rings. The molecule has 0 unspecified atom stereocenters. The number of fused-ring (bicyclic) bond motifs is 1. The Bertz CT molecular complexity index is 804. The maximum atomic E-state index is 12.2. The van der Waals surface area contributed by atoms with Crippen molar-refractivity contribution in [2.75, 3.05) is 0 Å². The van der Waals surface area contributed by atoms with Crippen LogP contribution in [0.2, 0.25) is 0 Å². The molecule has 0 bridgehead atoms. The van der Waals surface area contributed by atoms with E-state index in [0.717, 1.165) is 20.1 Å². The minimum Gasteiger partial charge on any atom is -0.421 e. The molecule has 0 spiro atoms. The second-order valence-corrected chi connectivity index (χ2v) is 5.47. The molecule has 0 N–H and O–H groups in total. The average Bonchev–Trinajstić information content (AvgIpc) is 2.43. The topological polar surface area (TPSA) is 30.2 Å². The van der Waals surface area contributed by atoms with Crippen molar-refractivity contribution in [1.29, 1.82) is 0 Å². The summed E-state index contributed by atoms with van der Waals surface area (Å²) in [6.45, 7) is 1.93. The zero-order valence-corrected chi connectivity index (χ0v) is 12.5. The first kappa shape index (κ1) is 12.4. The largest absolute Gasteiger partial charge is 0.421 e. The van der Waals surface area contributed by atoms with Gasteiger partial charge in [0.25, 0.3) is 0 Å². The number of benzene rings is 2. The zero-order valence-electron chi connectivity index (χ0n) is 10.3. The summed E-state index contributed by atoms with van der Waals surface area (Å²) in [5.74, 6) is 0.643. The van der Waals surface area contributed by atoms with Crippen LogP contribution in [0.25, 0.3) is 22.1 Å². The highest BCUT2D eigenvalue weighted by molar-refractivity contribution is 14.1. The van der Waals surface area contributed by atoms with Gasteiger partial charge in [-0.15, -0.1) is 0 Å². The molecule has 0 radical (unpaired) electrons. The van der Waals surface area contributed by atoms with E-state index in [4.69, 9.17) is 4.42 Å². The second kappa shape index (κ2) is 4.81. The van der Waals surface area contributed by atoms with Gasteiger partial charge in [-0.1, -0.05) is 48.5 Å². The van der Waals surface area contributed by atoms with Gasteiger partial charge in [0, 0.05) is 10.9 Å². The Morgan fingerprint density at radius 3 is 2.47 bits per heavy atom. The van der Waals surface area contributed by atoms with E-state index in [9.17, 15) is 4.79 Å². The van der Waals surface area contributed by atoms with Crippen molar-refractivity contribution in [2.24, 2.45) is 0 Å². The molecular weight excluding hydrogens is 351 g/mol. The molecule has 0 atom stereocenters. The molecule has 0 aliphatic heterocycles. The molecule has 2 aromatic carbocycles. The van der Waals surface area contributed by atoms with Gasteiger partial charge in [0.1, 0.15) is 0 Å². The minimum absolute atomic E-state index is 0.271. The summed E-state index contributed by atoms with van der Waals surface area (Å²) in [5.41, 5.74) is 1.60. The second-order valence-electron chi connectivity index (χ2n) is 4.40. The van der Waals surface area contributed by atoms with Gasteiger partial charge in [-0.25, -0.2) is 4.79 Å². The van der Waals surface area contributed by atoms with Gasteiger partial charge in [-0.3, -0.25) is 0 Å². The van der Waals surface area contributed by atoms with E-state index in [1.54, 1.807) is 0 Å². The van der Waals surface area contributed by atoms with Gasteiger partial charge in [-0.2, -0.15) is 0 Å². The Balaban J connectivity index is 2.42. The van der Waals surface area contributed by atoms with E-state index in [1.165, 1.54) is 0 Å². The highest BCUT2D eigenvalue weighted by atomic mass is 127. The van der Waals surface area contributed by atoms with Crippen LogP contribution in [0.5, 0.6) is 0 Å². The molecule has 2 nitrogen and oxygen atoms in total. The first-order chi connectivity index (χ1) is 9.18. The van der Waals surface area contributed by atoms with Crippen molar-refractivity contribution in [3.8, 4) is 11.3 Å². The monoisotopic (exact) mass is 362 g/mol. The predicted octanol–water partition coefficient (Wildman–Crippen LogP) is 4.37. The lowest BCUT2D eigenvalue weighted by Crippen LogP contribution is -2.04. The van der Waals surface area contributed by atoms with Crippen LogP contribution < -0.4 is 5.63 Å². The number of hydrogen-bond donors (Lipinski definition) is 0. The van der Waals surface area contributed by atoms with Crippen LogP contribution in [0, 0.1) is 10.5 Å². The van der Waals surface area contributed by atoms with E-state index in [-0.39, 0.29) is 5.63 Å². The summed E-state index contributed by atoms with van der Waals surface area (Å²) in [6.07, 6.45) is 0. The zero-order chi connectivity index (χ0) is 13.4. The lowest BCUT2D eigenvalue weighted by atomic mass is 10.1. The van der Waals surface area contributed by atoms with Crippen LogP contribution in [0.1, 0.15) is 5.56 Å². The van der Waals surface area contributed by atoms with Crippen molar-refractivity contribution < 1.29 is 4.42 Å². The fourth-order valence-electron chi connectivity index (χ4n) is 2.21. The molecule has 19 heavy (non-hydrogen) atoms. The normalized spacial score (nSPS) is 10.8. The Hall–Kier alpha value is -1.62. The van der Waals surface area contributed by atoms with E-state index >= 15 is 0 Å². The van der Waals surface area contributed by atoms with Gasteiger partial charge >= 0.3 is 5.63 Å². The van der Waals surface area contributed by atoms with Crippen LogP contribution in [-0.4, -0.2) is 0 Å². The Labute approximate surface area is 124 Å². The van der Waals surface area contributed by atoms with Gasteiger partial charge < -0.3 is 4.42 Å². The molecule has 94 valence electrons. The molecule has 0 aliphatic rings. The van der Waals surface area contributed by atoms with Crippen LogP contribution in [0.15, 0.2) is 57.7 Å². The van der Waals surface area contributed by atoms with Crippen LogP contribution >= 0.6 is 22.6 Å². The Morgan fingerprint density at radius 2 is 1.74 bits per heavy atom. The molecule has 0 amide bonds. The average molecular weight is 362 g/mol. The lowest BCUT2D eigenvalue weighted by Gasteiger charge is -2.07. The summed E-state index contributed by atoms with van der Waals surface area (Å²) >= 11 is 2.24. The van der Waals surface area contributed by atoms with Crippen molar-refractivity contribution in [2.45, 2.75) is 6.92 Å². The molecule has 3 heteroatoms. The van der Waals surface area contributed by atoms with Crippen LogP contribution in [0.4, 0.5) is 0 Å². The molecule has 1 heterocycles. The van der Waals surface area contributed by atoms with Crippen LogP contribution in [-0.2, 0) is 0 Å². The third kappa shape index (κ3) is 2.08. The third-order valence-corrected chi connectivity index (χ3v) is 4.21. The SMILES string of the molecule is Cc1cccc2c(I)c(-c3ccccc3)oc(=O)c12. The lowest BCUT2D eigenvalue weighted by molar-refractivity contribution is 0.531. The first-order valence-electron chi connectivity index (χ1n) is 5.96. The molecule has 0 saturated carbocycles. The highest BCUT2D eigenvalue weighted by Crippen LogP contribution is 2.30. The fourth-order valence-corrected chi connectivity index (χ4v) is 3.08. The maximum absolute atomic E-state index is 12.2. The van der Waals surface area contributed by atoms with Crippen molar-refractivity contribution in [3.05, 3.63) is 68.1 Å². The van der Waals surface area contributed by atoms with E-state index < -0.39 is 0 Å². The molecular formula is C16H11IO2. The van der Waals surface area contributed by atoms with E-state index in [1.807, 2.05) is 55.5 Å². The van der Waals surface area contributed by atoms with Crippen LogP contribution in [0.3, 0.4) is 0 Å². The molecule has 3 rings (SSSR count). The van der Waals surface area contributed by atoms with Gasteiger partial charge in [0.2, 0.25) is 0 Å². The van der Waals surface area contributed by atoms with E-state index in [0.29, 0.717) is 11.1 Å². The smallest absolute Gasteiger partial charge is 0.344 e. The summed E-state index contributed by atoms with van der Waals surface area (Å²) in [4.78, 5) is 12.2. The molecule has 1 aromatic heterocycles. The van der Waals surface area contributed by atoms with Gasteiger partial charge in [-0.05, 0) is 35.1 Å². The number of halogens is 1. The van der Waals surface area contributed by atoms with Crippen molar-refractivity contribution in [3.63, 3.8) is 0 Å². The van der Waals surface area contributed by atoms with E-state index in [2.05, 4.69) is 22.6 Å². The Morgan fingerprint density at radius 1 is 1.00 bits per heavy atom. The Kier molecular flexibility index (Phi) is 3.14. The predicted molar refractivity (Wildman–Crippen MR) is 85.4 cm³/mol. The van der Waals surface area contributed by atoms with Crippen molar-refractivity contribution in [1.82, 2.24) is 0 Å². The number of hydrogen-bond acceptors (Lipinski definition) is 2. The number of rotatable bonds is 1. The summed E-state index contributed by atoms with van der Waals surface area (Å²) in [6, 6.07) is 15.6. The summed E-state index contributed by atoms with van der Waals surface area (Å²) < 4.78 is 6.50. The number of aryl methyl sites for hydroxylation is 1. The molecule has 0 fully saturated rings. The summed E-state index contributed by atoms with van der Waals surface area (Å²) in [7, 11) is 0. The third-order valence-electron chi connectivity index (χ3n) is 3.14. The van der Waals surface area contributed by atoms with Gasteiger partial charge in [0.15, 0.2) is 5.76 Å². The van der Waals surface area contributed by atoms with Gasteiger partial charge in [0.05, 0.1) is 8.96 Å². The van der Waals surface area contributed by atoms with Crippen molar-refractivity contribution >= 4 is 33.4 Å². The molecule has 0 aliphatic carbocycles. The first-order valence-corrected chi connectivity index (χ1v) is 7.03. The minimum atomic E-state index is -0.271. The standard InChI is InChI=1S/C16H11IO2/c1-10-6-5-9-12-13(10)16(18)19-15(14(12)17)11-7-3-2-4-8-11/h2-9H,1H3. The quantitative estimate of drug-likeness (QED) is 0.602. The summed E-state index contributed by atoms with van der Waals surface area (Å²) in [5, 5.41) is 1.63. The fraction of sp³-hybridized carbons (Fsp3) is 0.0625. The maximum Gasteiger partial charge on any atom is 0.344 e. The molecule has 0 saturated heterocycles. The highest BCUT2D eigenvalue weighted by Gasteiger charge is 2.14.